The lowest BCUT2D eigenvalue weighted by molar-refractivity contribution is -0.170. The summed E-state index contributed by atoms with van der Waals surface area (Å²) in [6.07, 6.45) is 1.97. The second kappa shape index (κ2) is 10.4. The first-order chi connectivity index (χ1) is 14.3. The number of aliphatic hydroxyl groups is 1. The predicted molar refractivity (Wildman–Crippen MR) is 117 cm³/mol. The summed E-state index contributed by atoms with van der Waals surface area (Å²) in [6.45, 7) is 13.6. The molecule has 2 rings (SSSR count). The van der Waals surface area contributed by atoms with Gasteiger partial charge < -0.3 is 14.6 Å². The molecule has 0 bridgehead atoms. The molecule has 0 spiro atoms. The van der Waals surface area contributed by atoms with E-state index in [1.807, 2.05) is 30.3 Å². The summed E-state index contributed by atoms with van der Waals surface area (Å²) in [6, 6.07) is 9.86. The topological polar surface area (TPSA) is 72.8 Å². The average molecular weight is 413 g/mol. The van der Waals surface area contributed by atoms with Gasteiger partial charge in [0.25, 0.3) is 0 Å². The van der Waals surface area contributed by atoms with Crippen molar-refractivity contribution in [3.05, 3.63) is 71.8 Å². The van der Waals surface area contributed by atoms with Crippen LogP contribution in [0.1, 0.15) is 39.2 Å². The number of hydrogen-bond donors (Lipinski definition) is 1. The number of aliphatic hydroxyl groups excluding tert-OH is 1. The van der Waals surface area contributed by atoms with Crippen LogP contribution in [0.5, 0.6) is 0 Å². The number of rotatable bonds is 9. The van der Waals surface area contributed by atoms with Crippen LogP contribution in [0, 0.1) is 11.3 Å². The monoisotopic (exact) mass is 412 g/mol. The zero-order valence-corrected chi connectivity index (χ0v) is 18.1. The first-order valence-electron chi connectivity index (χ1n) is 10.4. The van der Waals surface area contributed by atoms with E-state index in [1.54, 1.807) is 26.8 Å². The fourth-order valence-electron chi connectivity index (χ4n) is 3.88. The number of hydrogen-bond acceptors (Lipinski definition) is 5. The Morgan fingerprint density at radius 2 is 1.73 bits per heavy atom. The molecule has 2 atom stereocenters. The molecule has 1 aromatic rings. The normalized spacial score (nSPS) is 18.9. The Balaban J connectivity index is 2.40. The van der Waals surface area contributed by atoms with E-state index in [4.69, 9.17) is 9.47 Å². The average Bonchev–Trinajstić information content (AvgIpc) is 2.73. The molecule has 162 valence electrons. The highest BCUT2D eigenvalue weighted by Gasteiger charge is 2.53. The Hall–Kier alpha value is -2.66. The summed E-state index contributed by atoms with van der Waals surface area (Å²) in [4.78, 5) is 25.9. The van der Waals surface area contributed by atoms with Crippen molar-refractivity contribution in [2.24, 2.45) is 11.3 Å². The van der Waals surface area contributed by atoms with Gasteiger partial charge in [-0.05, 0) is 62.8 Å². The minimum atomic E-state index is -1.63. The maximum atomic E-state index is 13.0. The van der Waals surface area contributed by atoms with Gasteiger partial charge in [0.2, 0.25) is 0 Å². The van der Waals surface area contributed by atoms with Gasteiger partial charge in [0.15, 0.2) is 5.41 Å². The summed E-state index contributed by atoms with van der Waals surface area (Å²) in [5.41, 5.74) is 1.42. The largest absolute Gasteiger partial charge is 0.465 e. The van der Waals surface area contributed by atoms with Crippen molar-refractivity contribution in [3.8, 4) is 0 Å². The van der Waals surface area contributed by atoms with Crippen LogP contribution in [0.4, 0.5) is 0 Å². The molecule has 0 aliphatic heterocycles. The zero-order valence-electron chi connectivity index (χ0n) is 18.1. The van der Waals surface area contributed by atoms with Gasteiger partial charge in [-0.1, -0.05) is 49.1 Å². The van der Waals surface area contributed by atoms with Gasteiger partial charge in [0.05, 0.1) is 19.3 Å². The fourth-order valence-corrected chi connectivity index (χ4v) is 3.88. The summed E-state index contributed by atoms with van der Waals surface area (Å²) >= 11 is 0. The van der Waals surface area contributed by atoms with E-state index in [1.165, 1.54) is 0 Å². The van der Waals surface area contributed by atoms with Crippen LogP contribution in [0.2, 0.25) is 0 Å². The molecular weight excluding hydrogens is 380 g/mol. The van der Waals surface area contributed by atoms with Crippen molar-refractivity contribution < 1.29 is 24.2 Å². The molecule has 0 aromatic heterocycles. The summed E-state index contributed by atoms with van der Waals surface area (Å²) in [5, 5.41) is 11.0. The molecule has 0 heterocycles. The van der Waals surface area contributed by atoms with Crippen LogP contribution in [-0.2, 0) is 25.5 Å². The molecule has 0 radical (unpaired) electrons. The van der Waals surface area contributed by atoms with Crippen molar-refractivity contribution in [3.63, 3.8) is 0 Å². The lowest BCUT2D eigenvalue weighted by atomic mass is 9.66. The lowest BCUT2D eigenvalue weighted by Gasteiger charge is -2.39. The van der Waals surface area contributed by atoms with Gasteiger partial charge in [-0.2, -0.15) is 0 Å². The quantitative estimate of drug-likeness (QED) is 0.487. The lowest BCUT2D eigenvalue weighted by Crippen LogP contribution is -2.46. The molecule has 1 N–H and O–H groups in total. The molecule has 0 amide bonds. The van der Waals surface area contributed by atoms with Crippen LogP contribution in [0.3, 0.4) is 0 Å². The van der Waals surface area contributed by atoms with E-state index in [0.717, 1.165) is 5.56 Å². The molecule has 0 unspecified atom stereocenters. The second-order valence-electron chi connectivity index (χ2n) is 7.68. The van der Waals surface area contributed by atoms with Gasteiger partial charge >= 0.3 is 11.9 Å². The Morgan fingerprint density at radius 1 is 1.17 bits per heavy atom. The number of carbonyl (C=O) groups is 2. The van der Waals surface area contributed by atoms with Crippen LogP contribution in [0.15, 0.2) is 66.3 Å². The van der Waals surface area contributed by atoms with E-state index in [9.17, 15) is 14.7 Å². The Kier molecular flexibility index (Phi) is 8.18. The molecule has 5 heteroatoms. The third-order valence-corrected chi connectivity index (χ3v) is 5.50. The summed E-state index contributed by atoms with van der Waals surface area (Å²) < 4.78 is 10.5. The SMILES string of the molecule is C=C(C)C1=CC(C(=O)OCC)(C(=O)OCC)C[C@H]([C@H](O)CCc2ccccc2)C1=C. The van der Waals surface area contributed by atoms with Crippen molar-refractivity contribution in [1.29, 1.82) is 0 Å². The van der Waals surface area contributed by atoms with Crippen LogP contribution in [-0.4, -0.2) is 36.4 Å². The van der Waals surface area contributed by atoms with Crippen molar-refractivity contribution in [2.45, 2.75) is 46.1 Å². The first-order valence-corrected chi connectivity index (χ1v) is 10.4. The number of esters is 2. The molecule has 1 aromatic carbocycles. The van der Waals surface area contributed by atoms with Crippen molar-refractivity contribution in [1.82, 2.24) is 0 Å². The maximum Gasteiger partial charge on any atom is 0.327 e. The maximum absolute atomic E-state index is 13.0. The Bertz CT molecular complexity index is 803. The minimum Gasteiger partial charge on any atom is -0.465 e. The number of benzene rings is 1. The predicted octanol–water partition coefficient (Wildman–Crippen LogP) is 4.17. The standard InChI is InChI=1S/C25H32O5/c1-6-29-23(27)25(24(28)30-7-2)15-20(17(3)4)18(5)21(16-25)22(26)14-13-19-11-9-8-10-12-19/h8-12,15,21-22,26H,3,5-7,13-14,16H2,1-2,4H3/t21-,22+/m0/s1. The van der Waals surface area contributed by atoms with Crippen LogP contribution >= 0.6 is 0 Å². The van der Waals surface area contributed by atoms with Crippen LogP contribution < -0.4 is 0 Å². The molecule has 0 saturated carbocycles. The van der Waals surface area contributed by atoms with Gasteiger partial charge in [0.1, 0.15) is 0 Å². The minimum absolute atomic E-state index is 0.0518. The number of aryl methyl sites for hydroxylation is 1. The van der Waals surface area contributed by atoms with Crippen LogP contribution in [0.25, 0.3) is 0 Å². The summed E-state index contributed by atoms with van der Waals surface area (Å²) in [7, 11) is 0. The molecule has 1 aliphatic carbocycles. The smallest absolute Gasteiger partial charge is 0.327 e. The fraction of sp³-hybridized carbons (Fsp3) is 0.440. The van der Waals surface area contributed by atoms with E-state index in [2.05, 4.69) is 13.2 Å². The molecule has 30 heavy (non-hydrogen) atoms. The third kappa shape index (κ3) is 5.08. The highest BCUT2D eigenvalue weighted by Crippen LogP contribution is 2.46. The van der Waals surface area contributed by atoms with Crippen molar-refractivity contribution >= 4 is 11.9 Å². The molecule has 0 fully saturated rings. The molecule has 0 saturated heterocycles. The Labute approximate surface area is 179 Å². The number of allylic oxidation sites excluding steroid dienone is 2. The van der Waals surface area contributed by atoms with Gasteiger partial charge in [0, 0.05) is 5.92 Å². The van der Waals surface area contributed by atoms with Gasteiger partial charge in [-0.15, -0.1) is 0 Å². The number of ether oxygens (including phenoxy) is 2. The Morgan fingerprint density at radius 3 is 2.23 bits per heavy atom. The van der Waals surface area contributed by atoms with E-state index in [0.29, 0.717) is 29.6 Å². The molecular formula is C25H32O5. The molecule has 5 nitrogen and oxygen atoms in total. The molecule has 1 aliphatic rings. The first kappa shape index (κ1) is 23.6. The van der Waals surface area contributed by atoms with E-state index in [-0.39, 0.29) is 19.6 Å². The highest BCUT2D eigenvalue weighted by molar-refractivity contribution is 6.03. The van der Waals surface area contributed by atoms with Crippen molar-refractivity contribution in [2.75, 3.05) is 13.2 Å². The van der Waals surface area contributed by atoms with Gasteiger partial charge in [-0.3, -0.25) is 9.59 Å². The second-order valence-corrected chi connectivity index (χ2v) is 7.68. The third-order valence-electron chi connectivity index (χ3n) is 5.50. The van der Waals surface area contributed by atoms with Gasteiger partial charge in [-0.25, -0.2) is 0 Å². The zero-order chi connectivity index (χ0) is 22.3. The summed E-state index contributed by atoms with van der Waals surface area (Å²) in [5.74, 6) is -1.84. The highest BCUT2D eigenvalue weighted by atomic mass is 16.6. The number of carbonyl (C=O) groups excluding carboxylic acids is 2. The van der Waals surface area contributed by atoms with E-state index >= 15 is 0 Å². The van der Waals surface area contributed by atoms with E-state index < -0.39 is 29.4 Å².